The van der Waals surface area contributed by atoms with E-state index in [0.29, 0.717) is 0 Å². The third-order valence-corrected chi connectivity index (χ3v) is 9.89. The van der Waals surface area contributed by atoms with Crippen LogP contribution in [0.3, 0.4) is 0 Å². The number of hydrogen-bond acceptors (Lipinski definition) is 2. The van der Waals surface area contributed by atoms with Crippen molar-refractivity contribution in [3.05, 3.63) is 199 Å². The lowest BCUT2D eigenvalue weighted by Crippen LogP contribution is -2.11. The maximum atomic E-state index is 6.88. The van der Waals surface area contributed by atoms with Crippen LogP contribution in [0.15, 0.2) is 187 Å². The van der Waals surface area contributed by atoms with Crippen LogP contribution < -0.4 is 5.73 Å². The molecular formula is C48H34N2. The van der Waals surface area contributed by atoms with E-state index < -0.39 is 6.17 Å². The Labute approximate surface area is 291 Å². The van der Waals surface area contributed by atoms with E-state index in [9.17, 15) is 0 Å². The molecule has 1 atom stereocenters. The molecule has 0 spiro atoms. The standard InChI is InChI=1S/C48H34N2/c49-48(34-18-5-2-6-19-34)50-45(44-31-35-20-8-9-21-36(35)38-23-11-12-24-39(38)44)30-29-42-40-25-13-14-26-41(40)46(33-16-3-1-4-17-33)43-28-27-32-15-7-10-22-37(32)47(42)43/h1-31,48H,49H2/b30-29+,50-45+. The highest BCUT2D eigenvalue weighted by Gasteiger charge is 2.17. The normalized spacial score (nSPS) is 12.9. The first-order valence-electron chi connectivity index (χ1n) is 17.1. The number of allylic oxidation sites excluding steroid dienone is 1. The zero-order valence-electron chi connectivity index (χ0n) is 27.5. The molecule has 0 aliphatic heterocycles. The van der Waals surface area contributed by atoms with Gasteiger partial charge in [0.2, 0.25) is 0 Å². The van der Waals surface area contributed by atoms with Gasteiger partial charge in [0.25, 0.3) is 0 Å². The van der Waals surface area contributed by atoms with Gasteiger partial charge in [-0.1, -0.05) is 176 Å². The minimum absolute atomic E-state index is 0.532. The molecule has 0 saturated carbocycles. The fourth-order valence-electron chi connectivity index (χ4n) is 7.58. The molecule has 9 aromatic rings. The third kappa shape index (κ3) is 5.15. The van der Waals surface area contributed by atoms with Crippen molar-refractivity contribution in [2.75, 3.05) is 0 Å². The molecule has 0 amide bonds. The van der Waals surface area contributed by atoms with Crippen molar-refractivity contribution in [3.8, 4) is 11.1 Å². The summed E-state index contributed by atoms with van der Waals surface area (Å²) in [7, 11) is 0. The summed E-state index contributed by atoms with van der Waals surface area (Å²) in [5, 5.41) is 12.0. The topological polar surface area (TPSA) is 38.4 Å². The molecule has 2 heteroatoms. The summed E-state index contributed by atoms with van der Waals surface area (Å²) in [4.78, 5) is 5.28. The largest absolute Gasteiger partial charge is 0.306 e. The van der Waals surface area contributed by atoms with Crippen LogP contribution in [-0.2, 0) is 0 Å². The molecule has 0 fully saturated rings. The number of rotatable bonds is 6. The highest BCUT2D eigenvalue weighted by Crippen LogP contribution is 2.43. The Hall–Kier alpha value is -6.35. The molecule has 0 aliphatic rings. The van der Waals surface area contributed by atoms with Crippen molar-refractivity contribution in [3.63, 3.8) is 0 Å². The first kappa shape index (κ1) is 29.8. The predicted molar refractivity (Wildman–Crippen MR) is 215 cm³/mol. The van der Waals surface area contributed by atoms with Gasteiger partial charge in [0.1, 0.15) is 6.17 Å². The van der Waals surface area contributed by atoms with Crippen LogP contribution >= 0.6 is 0 Å². The summed E-state index contributed by atoms with van der Waals surface area (Å²) < 4.78 is 0. The Morgan fingerprint density at radius 1 is 0.480 bits per heavy atom. The van der Waals surface area contributed by atoms with Gasteiger partial charge in [0.05, 0.1) is 5.71 Å². The van der Waals surface area contributed by atoms with E-state index in [2.05, 4.69) is 158 Å². The fraction of sp³-hybridized carbons (Fsp3) is 0.0208. The molecule has 9 rings (SSSR count). The molecule has 2 N–H and O–H groups in total. The second kappa shape index (κ2) is 12.6. The minimum Gasteiger partial charge on any atom is -0.306 e. The second-order valence-corrected chi connectivity index (χ2v) is 12.8. The van der Waals surface area contributed by atoms with Gasteiger partial charge in [-0.2, -0.15) is 0 Å². The monoisotopic (exact) mass is 638 g/mol. The van der Waals surface area contributed by atoms with E-state index in [1.807, 2.05) is 30.3 Å². The zero-order chi connectivity index (χ0) is 33.4. The molecule has 0 heterocycles. The lowest BCUT2D eigenvalue weighted by Gasteiger charge is -2.18. The van der Waals surface area contributed by atoms with Crippen LogP contribution in [0.1, 0.15) is 22.9 Å². The smallest absolute Gasteiger partial charge is 0.123 e. The van der Waals surface area contributed by atoms with Gasteiger partial charge in [-0.3, -0.25) is 4.99 Å². The molecule has 50 heavy (non-hydrogen) atoms. The van der Waals surface area contributed by atoms with Crippen molar-refractivity contribution in [2.24, 2.45) is 10.7 Å². The van der Waals surface area contributed by atoms with Gasteiger partial charge in [-0.25, -0.2) is 0 Å². The third-order valence-electron chi connectivity index (χ3n) is 9.89. The van der Waals surface area contributed by atoms with Crippen LogP contribution in [0.25, 0.3) is 71.1 Å². The Kier molecular flexibility index (Phi) is 7.50. The first-order chi connectivity index (χ1) is 24.7. The van der Waals surface area contributed by atoms with Crippen molar-refractivity contribution >= 4 is 65.6 Å². The quantitative estimate of drug-likeness (QED) is 0.110. The molecule has 2 nitrogen and oxygen atoms in total. The Morgan fingerprint density at radius 2 is 1.06 bits per heavy atom. The lowest BCUT2D eigenvalue weighted by molar-refractivity contribution is 0.778. The van der Waals surface area contributed by atoms with Crippen molar-refractivity contribution in [1.29, 1.82) is 0 Å². The van der Waals surface area contributed by atoms with Crippen LogP contribution in [0.2, 0.25) is 0 Å². The Bertz CT molecular complexity index is 2760. The van der Waals surface area contributed by atoms with Gasteiger partial charge in [-0.15, -0.1) is 0 Å². The number of nitrogens with two attached hydrogens (primary N) is 1. The second-order valence-electron chi connectivity index (χ2n) is 12.8. The molecule has 9 aromatic carbocycles. The number of aliphatic imine (C=N–C) groups is 1. The van der Waals surface area contributed by atoms with Crippen LogP contribution in [0.4, 0.5) is 0 Å². The van der Waals surface area contributed by atoms with E-state index in [-0.39, 0.29) is 0 Å². The Balaban J connectivity index is 1.36. The highest BCUT2D eigenvalue weighted by atomic mass is 14.9. The summed E-state index contributed by atoms with van der Waals surface area (Å²) >= 11 is 0. The van der Waals surface area contributed by atoms with Gasteiger partial charge in [0, 0.05) is 5.56 Å². The van der Waals surface area contributed by atoms with Crippen molar-refractivity contribution in [1.82, 2.24) is 0 Å². The molecule has 0 saturated heterocycles. The Morgan fingerprint density at radius 3 is 1.82 bits per heavy atom. The number of fused-ring (bicyclic) bond motifs is 7. The average molecular weight is 639 g/mol. The lowest BCUT2D eigenvalue weighted by atomic mass is 9.86. The van der Waals surface area contributed by atoms with Crippen LogP contribution in [0, 0.1) is 0 Å². The van der Waals surface area contributed by atoms with E-state index in [1.165, 1.54) is 59.6 Å². The van der Waals surface area contributed by atoms with E-state index in [1.54, 1.807) is 0 Å². The molecule has 0 bridgehead atoms. The number of hydrogen-bond donors (Lipinski definition) is 1. The summed E-state index contributed by atoms with van der Waals surface area (Å²) in [6, 6.07) is 62.4. The minimum atomic E-state index is -0.532. The molecule has 1 unspecified atom stereocenters. The summed E-state index contributed by atoms with van der Waals surface area (Å²) in [5.74, 6) is 0. The fourth-order valence-corrected chi connectivity index (χ4v) is 7.58. The highest BCUT2D eigenvalue weighted by molar-refractivity contribution is 6.27. The molecular weight excluding hydrogens is 605 g/mol. The van der Waals surface area contributed by atoms with E-state index in [4.69, 9.17) is 10.7 Å². The summed E-state index contributed by atoms with van der Waals surface area (Å²) in [5.41, 5.74) is 13.4. The van der Waals surface area contributed by atoms with Crippen molar-refractivity contribution in [2.45, 2.75) is 6.17 Å². The van der Waals surface area contributed by atoms with Gasteiger partial charge < -0.3 is 5.73 Å². The van der Waals surface area contributed by atoms with Gasteiger partial charge >= 0.3 is 0 Å². The van der Waals surface area contributed by atoms with E-state index in [0.717, 1.165) is 27.8 Å². The zero-order valence-corrected chi connectivity index (χ0v) is 27.5. The summed E-state index contributed by atoms with van der Waals surface area (Å²) in [6.07, 6.45) is 3.92. The number of benzene rings is 9. The van der Waals surface area contributed by atoms with Crippen molar-refractivity contribution < 1.29 is 0 Å². The maximum absolute atomic E-state index is 6.88. The SMILES string of the molecule is NC(/N=C(\C=C\c1c2ccccc2c(-c2ccccc2)c2ccc3ccccc3c12)c1cc2ccccc2c2ccccc12)c1ccccc1. The molecule has 0 radical (unpaired) electrons. The number of nitrogens with zero attached hydrogens (tertiary/aromatic N) is 1. The maximum Gasteiger partial charge on any atom is 0.123 e. The molecule has 0 aromatic heterocycles. The van der Waals surface area contributed by atoms with E-state index >= 15 is 0 Å². The van der Waals surface area contributed by atoms with Crippen LogP contribution in [-0.4, -0.2) is 5.71 Å². The average Bonchev–Trinajstić information content (AvgIpc) is 3.19. The van der Waals surface area contributed by atoms with Gasteiger partial charge in [-0.05, 0) is 88.3 Å². The predicted octanol–water partition coefficient (Wildman–Crippen LogP) is 12.3. The van der Waals surface area contributed by atoms with Gasteiger partial charge in [0.15, 0.2) is 0 Å². The molecule has 236 valence electrons. The molecule has 0 aliphatic carbocycles. The summed E-state index contributed by atoms with van der Waals surface area (Å²) in [6.45, 7) is 0. The van der Waals surface area contributed by atoms with Crippen LogP contribution in [0.5, 0.6) is 0 Å². The first-order valence-corrected chi connectivity index (χ1v) is 17.1.